The van der Waals surface area contributed by atoms with Gasteiger partial charge in [-0.2, -0.15) is 0 Å². The third kappa shape index (κ3) is 5.74. The van der Waals surface area contributed by atoms with Gasteiger partial charge < -0.3 is 19.1 Å². The van der Waals surface area contributed by atoms with Gasteiger partial charge in [0.1, 0.15) is 6.10 Å². The first-order valence-electron chi connectivity index (χ1n) is 8.78. The minimum atomic E-state index is -0.943. The van der Waals surface area contributed by atoms with Crippen LogP contribution in [-0.2, 0) is 19.0 Å². The van der Waals surface area contributed by atoms with Gasteiger partial charge in [-0.05, 0) is 47.5 Å². The molecule has 0 aromatic heterocycles. The minimum Gasteiger partial charge on any atom is -0.435 e. The van der Waals surface area contributed by atoms with Gasteiger partial charge in [-0.25, -0.2) is 4.79 Å². The molecule has 0 bridgehead atoms. The van der Waals surface area contributed by atoms with Crippen LogP contribution in [0.2, 0.25) is 0 Å². The third-order valence-corrected chi connectivity index (χ3v) is 3.85. The van der Waals surface area contributed by atoms with Crippen LogP contribution >= 0.6 is 0 Å². The number of Topliss-reactive ketones (excluding diaryl/α,β-unsaturated/α-hetero) is 1. The quantitative estimate of drug-likeness (QED) is 0.709. The van der Waals surface area contributed by atoms with E-state index in [0.29, 0.717) is 6.42 Å². The number of carbonyl (C=O) groups is 2. The predicted octanol–water partition coefficient (Wildman–Crippen LogP) is 3.38. The SMILES string of the molecule is CC(C)CC(=O)C(OC(=O)N(C(C)C)C(C)C)[C@@H]1COC(C)(C)O1. The molecular formula is C18H33NO5. The molecule has 140 valence electrons. The van der Waals surface area contributed by atoms with Crippen molar-refractivity contribution in [2.75, 3.05) is 6.61 Å². The predicted molar refractivity (Wildman–Crippen MR) is 91.7 cm³/mol. The van der Waals surface area contributed by atoms with E-state index in [2.05, 4.69) is 0 Å². The number of hydrogen-bond acceptors (Lipinski definition) is 5. The van der Waals surface area contributed by atoms with Crippen molar-refractivity contribution in [3.05, 3.63) is 0 Å². The Morgan fingerprint density at radius 1 is 1.12 bits per heavy atom. The summed E-state index contributed by atoms with van der Waals surface area (Å²) in [6.45, 7) is 15.4. The van der Waals surface area contributed by atoms with Gasteiger partial charge in [-0.1, -0.05) is 13.8 Å². The molecule has 2 atom stereocenters. The van der Waals surface area contributed by atoms with Crippen LogP contribution in [0.5, 0.6) is 0 Å². The minimum absolute atomic E-state index is 0.0180. The molecule has 24 heavy (non-hydrogen) atoms. The van der Waals surface area contributed by atoms with Crippen molar-refractivity contribution in [3.8, 4) is 0 Å². The fourth-order valence-electron chi connectivity index (χ4n) is 2.92. The molecule has 1 aliphatic heterocycles. The topological polar surface area (TPSA) is 65.1 Å². The summed E-state index contributed by atoms with van der Waals surface area (Å²) in [5, 5.41) is 0. The van der Waals surface area contributed by atoms with Gasteiger partial charge in [0.2, 0.25) is 0 Å². The van der Waals surface area contributed by atoms with Gasteiger partial charge in [0.25, 0.3) is 0 Å². The summed E-state index contributed by atoms with van der Waals surface area (Å²) in [4.78, 5) is 26.8. The summed E-state index contributed by atoms with van der Waals surface area (Å²) in [7, 11) is 0. The molecule has 0 aromatic rings. The highest BCUT2D eigenvalue weighted by Crippen LogP contribution is 2.27. The number of rotatable bonds is 7. The Labute approximate surface area is 145 Å². The molecule has 1 fully saturated rings. The van der Waals surface area contributed by atoms with Gasteiger partial charge in [0.15, 0.2) is 17.7 Å². The molecular weight excluding hydrogens is 310 g/mol. The van der Waals surface area contributed by atoms with E-state index >= 15 is 0 Å². The highest BCUT2D eigenvalue weighted by Gasteiger charge is 2.43. The van der Waals surface area contributed by atoms with Crippen LogP contribution in [-0.4, -0.2) is 53.5 Å². The summed E-state index contributed by atoms with van der Waals surface area (Å²) in [6, 6.07) is -0.0360. The van der Waals surface area contributed by atoms with Crippen LogP contribution < -0.4 is 0 Å². The second-order valence-electron chi connectivity index (χ2n) is 7.83. The van der Waals surface area contributed by atoms with E-state index in [0.717, 1.165) is 0 Å². The number of hydrogen-bond donors (Lipinski definition) is 0. The van der Waals surface area contributed by atoms with Gasteiger partial charge in [-0.15, -0.1) is 0 Å². The fourth-order valence-corrected chi connectivity index (χ4v) is 2.92. The highest BCUT2D eigenvalue weighted by molar-refractivity contribution is 5.86. The Balaban J connectivity index is 2.93. The molecule has 6 heteroatoms. The Hall–Kier alpha value is -1.14. The molecule has 6 nitrogen and oxygen atoms in total. The molecule has 0 N–H and O–H groups in total. The zero-order chi connectivity index (χ0) is 18.7. The van der Waals surface area contributed by atoms with E-state index in [1.54, 1.807) is 18.7 Å². The number of ketones is 1. The fraction of sp³-hybridized carbons (Fsp3) is 0.889. The zero-order valence-corrected chi connectivity index (χ0v) is 16.3. The molecule has 1 amide bonds. The number of ether oxygens (including phenoxy) is 3. The van der Waals surface area contributed by atoms with Crippen molar-refractivity contribution in [2.24, 2.45) is 5.92 Å². The van der Waals surface area contributed by atoms with E-state index < -0.39 is 24.1 Å². The maximum absolute atomic E-state index is 12.6. The summed E-state index contributed by atoms with van der Waals surface area (Å²) >= 11 is 0. The van der Waals surface area contributed by atoms with E-state index in [4.69, 9.17) is 14.2 Å². The lowest BCUT2D eigenvalue weighted by Gasteiger charge is -2.32. The first-order valence-corrected chi connectivity index (χ1v) is 8.78. The van der Waals surface area contributed by atoms with Crippen molar-refractivity contribution in [2.45, 2.75) is 91.9 Å². The largest absolute Gasteiger partial charge is 0.435 e. The molecule has 1 saturated heterocycles. The highest BCUT2D eigenvalue weighted by atomic mass is 16.8. The van der Waals surface area contributed by atoms with Crippen molar-refractivity contribution in [1.29, 1.82) is 0 Å². The van der Waals surface area contributed by atoms with Gasteiger partial charge >= 0.3 is 6.09 Å². The molecule has 1 aliphatic rings. The van der Waals surface area contributed by atoms with Crippen molar-refractivity contribution in [1.82, 2.24) is 4.90 Å². The lowest BCUT2D eigenvalue weighted by molar-refractivity contribution is -0.159. The Morgan fingerprint density at radius 3 is 2.04 bits per heavy atom. The standard InChI is InChI=1S/C18H33NO5/c1-11(2)9-14(20)16(15-10-22-18(7,8)24-15)23-17(21)19(12(3)4)13(5)6/h11-13,15-16H,9-10H2,1-8H3/t15-,16?/m0/s1. The zero-order valence-electron chi connectivity index (χ0n) is 16.3. The number of amides is 1. The van der Waals surface area contributed by atoms with Gasteiger partial charge in [0.05, 0.1) is 6.61 Å². The Bertz CT molecular complexity index is 437. The van der Waals surface area contributed by atoms with E-state index in [9.17, 15) is 9.59 Å². The molecule has 0 aromatic carbocycles. The second kappa shape index (κ2) is 8.30. The first kappa shape index (κ1) is 20.9. The smallest absolute Gasteiger partial charge is 0.411 e. The maximum atomic E-state index is 12.6. The van der Waals surface area contributed by atoms with Crippen molar-refractivity contribution < 1.29 is 23.8 Å². The van der Waals surface area contributed by atoms with Crippen LogP contribution in [0.25, 0.3) is 0 Å². The van der Waals surface area contributed by atoms with Gasteiger partial charge in [-0.3, -0.25) is 4.79 Å². The lowest BCUT2D eigenvalue weighted by atomic mass is 10.0. The van der Waals surface area contributed by atoms with Crippen LogP contribution in [0.15, 0.2) is 0 Å². The summed E-state index contributed by atoms with van der Waals surface area (Å²) < 4.78 is 16.9. The van der Waals surface area contributed by atoms with Crippen LogP contribution in [0.4, 0.5) is 4.79 Å². The summed E-state index contributed by atoms with van der Waals surface area (Å²) in [5.41, 5.74) is 0. The van der Waals surface area contributed by atoms with Crippen molar-refractivity contribution in [3.63, 3.8) is 0 Å². The average molecular weight is 343 g/mol. The molecule has 1 unspecified atom stereocenters. The molecule has 0 spiro atoms. The Kier molecular flexibility index (Phi) is 7.23. The first-order chi connectivity index (χ1) is 10.9. The molecule has 0 saturated carbocycles. The average Bonchev–Trinajstić information content (AvgIpc) is 2.74. The van der Waals surface area contributed by atoms with E-state index in [1.165, 1.54) is 0 Å². The lowest BCUT2D eigenvalue weighted by Crippen LogP contribution is -2.48. The van der Waals surface area contributed by atoms with Crippen LogP contribution in [0, 0.1) is 5.92 Å². The third-order valence-electron chi connectivity index (χ3n) is 3.85. The molecule has 1 heterocycles. The molecule has 0 radical (unpaired) electrons. The second-order valence-corrected chi connectivity index (χ2v) is 7.83. The van der Waals surface area contributed by atoms with Crippen LogP contribution in [0.3, 0.4) is 0 Å². The summed E-state index contributed by atoms with van der Waals surface area (Å²) in [5.74, 6) is -0.721. The normalized spacial score (nSPS) is 21.4. The van der Waals surface area contributed by atoms with E-state index in [1.807, 2.05) is 41.5 Å². The molecule has 1 rings (SSSR count). The monoisotopic (exact) mass is 343 g/mol. The van der Waals surface area contributed by atoms with Crippen LogP contribution in [0.1, 0.15) is 61.8 Å². The van der Waals surface area contributed by atoms with Gasteiger partial charge in [0, 0.05) is 18.5 Å². The summed E-state index contributed by atoms with van der Waals surface area (Å²) in [6.07, 6.45) is -1.67. The Morgan fingerprint density at radius 2 is 1.67 bits per heavy atom. The number of carbonyl (C=O) groups excluding carboxylic acids is 2. The van der Waals surface area contributed by atoms with E-state index in [-0.39, 0.29) is 30.4 Å². The number of nitrogens with zero attached hydrogens (tertiary/aromatic N) is 1. The molecule has 0 aliphatic carbocycles. The van der Waals surface area contributed by atoms with Crippen molar-refractivity contribution >= 4 is 11.9 Å². The maximum Gasteiger partial charge on any atom is 0.411 e.